The molecule has 6 aromatic carbocycles. The lowest BCUT2D eigenvalue weighted by atomic mass is 9.92. The maximum Gasteiger partial charge on any atom is 0.336 e. The van der Waals surface area contributed by atoms with Crippen LogP contribution in [0.1, 0.15) is 52.6 Å². The summed E-state index contributed by atoms with van der Waals surface area (Å²) in [6, 6.07) is 22.9. The van der Waals surface area contributed by atoms with E-state index in [-0.39, 0.29) is 22.3 Å². The van der Waals surface area contributed by atoms with E-state index in [0.717, 1.165) is 21.5 Å². The zero-order chi connectivity index (χ0) is 31.1. The number of anilines is 2. The monoisotopic (exact) mass is 576 g/mol. The molecule has 0 heterocycles. The van der Waals surface area contributed by atoms with Crippen LogP contribution in [-0.4, -0.2) is 34.0 Å². The van der Waals surface area contributed by atoms with E-state index in [4.69, 9.17) is 12.8 Å². The normalized spacial score (nSPS) is 10.8. The van der Waals surface area contributed by atoms with E-state index in [1.807, 2.05) is 36.4 Å². The molecule has 0 saturated carbocycles. The molecule has 44 heavy (non-hydrogen) atoms. The van der Waals surface area contributed by atoms with Crippen molar-refractivity contribution in [3.63, 3.8) is 0 Å². The molecule has 0 radical (unpaired) electrons. The Balaban J connectivity index is 1.44. The average Bonchev–Trinajstić information content (AvgIpc) is 3.04. The number of carboxylic acid groups (broad SMARTS) is 2. The number of aromatic carboxylic acids is 2. The number of benzene rings is 6. The molecule has 0 bridgehead atoms. The molecule has 0 fully saturated rings. The molecule has 0 spiro atoms. The standard InChI is InChI=1S/C36H20N2O6/c1-3-19-6-12-24(35(41)42)27(17-19)34(40)38-30-16-10-22-7-13-25-29(15-9-21-8-14-26(30)32(22)31(21)25)37-33(39)23-11-5-20(4-2)18-28(23)36(43)44/h1-2,5-18H,(H,37,39)(H,38,40)(H,41,42)(H,43,44). The summed E-state index contributed by atoms with van der Waals surface area (Å²) in [6.07, 6.45) is 10.9. The molecule has 6 aromatic rings. The van der Waals surface area contributed by atoms with Crippen LogP contribution in [0.25, 0.3) is 32.3 Å². The van der Waals surface area contributed by atoms with Crippen LogP contribution in [0.5, 0.6) is 0 Å². The maximum atomic E-state index is 13.3. The minimum Gasteiger partial charge on any atom is -0.478 e. The number of amides is 2. The van der Waals surface area contributed by atoms with Gasteiger partial charge in [-0.3, -0.25) is 9.59 Å². The predicted octanol–water partition coefficient (Wildman–Crippen LogP) is 6.45. The van der Waals surface area contributed by atoms with Crippen LogP contribution in [0.15, 0.2) is 84.9 Å². The highest BCUT2D eigenvalue weighted by molar-refractivity contribution is 6.29. The van der Waals surface area contributed by atoms with Gasteiger partial charge < -0.3 is 20.8 Å². The van der Waals surface area contributed by atoms with Crippen LogP contribution in [0.2, 0.25) is 0 Å². The number of carboxylic acids is 2. The van der Waals surface area contributed by atoms with Gasteiger partial charge in [0.15, 0.2) is 0 Å². The average molecular weight is 577 g/mol. The largest absolute Gasteiger partial charge is 0.478 e. The molecule has 0 unspecified atom stereocenters. The van der Waals surface area contributed by atoms with Crippen molar-refractivity contribution in [3.05, 3.63) is 118 Å². The van der Waals surface area contributed by atoms with E-state index in [9.17, 15) is 29.4 Å². The van der Waals surface area contributed by atoms with Crippen LogP contribution in [0.4, 0.5) is 11.4 Å². The lowest BCUT2D eigenvalue weighted by molar-refractivity contribution is 0.0683. The van der Waals surface area contributed by atoms with Crippen LogP contribution in [0, 0.1) is 24.7 Å². The molecule has 0 aliphatic rings. The Morgan fingerprint density at radius 2 is 0.955 bits per heavy atom. The molecule has 0 aliphatic heterocycles. The van der Waals surface area contributed by atoms with Crippen molar-refractivity contribution in [3.8, 4) is 24.7 Å². The first kappa shape index (κ1) is 27.5. The third kappa shape index (κ3) is 4.59. The molecular weight excluding hydrogens is 556 g/mol. The van der Waals surface area contributed by atoms with Gasteiger partial charge >= 0.3 is 11.9 Å². The number of hydrogen-bond acceptors (Lipinski definition) is 4. The number of nitrogens with one attached hydrogen (secondary N) is 2. The van der Waals surface area contributed by atoms with Crippen LogP contribution in [0.3, 0.4) is 0 Å². The molecule has 0 saturated heterocycles. The highest BCUT2D eigenvalue weighted by atomic mass is 16.4. The Labute approximate surface area is 250 Å². The third-order valence-corrected chi connectivity index (χ3v) is 7.48. The van der Waals surface area contributed by atoms with Gasteiger partial charge in [-0.25, -0.2) is 9.59 Å². The maximum absolute atomic E-state index is 13.3. The quantitative estimate of drug-likeness (QED) is 0.133. The molecule has 210 valence electrons. The van der Waals surface area contributed by atoms with E-state index < -0.39 is 23.8 Å². The fraction of sp³-hybridized carbons (Fsp3) is 0. The highest BCUT2D eigenvalue weighted by Gasteiger charge is 2.21. The van der Waals surface area contributed by atoms with E-state index in [0.29, 0.717) is 33.3 Å². The molecule has 0 atom stereocenters. The SMILES string of the molecule is C#Cc1ccc(C(=O)Nc2ccc3ccc4c(NC(=O)c5cc(C#C)ccc5C(=O)O)ccc5ccc2c3c54)c(C(=O)O)c1. The van der Waals surface area contributed by atoms with Gasteiger partial charge in [-0.15, -0.1) is 12.8 Å². The van der Waals surface area contributed by atoms with E-state index in [1.54, 1.807) is 12.1 Å². The summed E-state index contributed by atoms with van der Waals surface area (Å²) in [4.78, 5) is 50.3. The Morgan fingerprint density at radius 3 is 1.43 bits per heavy atom. The van der Waals surface area contributed by atoms with Gasteiger partial charge in [-0.05, 0) is 70.1 Å². The Bertz CT molecular complexity index is 2310. The molecule has 0 aliphatic carbocycles. The fourth-order valence-corrected chi connectivity index (χ4v) is 5.42. The van der Waals surface area contributed by atoms with Crippen molar-refractivity contribution in [1.82, 2.24) is 0 Å². The summed E-state index contributed by atoms with van der Waals surface area (Å²) >= 11 is 0. The van der Waals surface area contributed by atoms with Gasteiger partial charge in [0, 0.05) is 33.3 Å². The van der Waals surface area contributed by atoms with E-state index >= 15 is 0 Å². The van der Waals surface area contributed by atoms with Crippen molar-refractivity contribution in [2.75, 3.05) is 10.6 Å². The third-order valence-electron chi connectivity index (χ3n) is 7.48. The summed E-state index contributed by atoms with van der Waals surface area (Å²) in [7, 11) is 0. The Morgan fingerprint density at radius 1 is 0.523 bits per heavy atom. The molecule has 0 aromatic heterocycles. The van der Waals surface area contributed by atoms with Crippen LogP contribution >= 0.6 is 0 Å². The van der Waals surface area contributed by atoms with Crippen molar-refractivity contribution in [2.45, 2.75) is 0 Å². The van der Waals surface area contributed by atoms with Gasteiger partial charge in [0.25, 0.3) is 11.8 Å². The lowest BCUT2D eigenvalue weighted by Gasteiger charge is -2.17. The molecule has 8 nitrogen and oxygen atoms in total. The van der Waals surface area contributed by atoms with Crippen molar-refractivity contribution >= 4 is 67.4 Å². The van der Waals surface area contributed by atoms with Gasteiger partial charge in [0.1, 0.15) is 0 Å². The first-order valence-corrected chi connectivity index (χ1v) is 13.2. The molecule has 2 amide bonds. The molecule has 4 N–H and O–H groups in total. The summed E-state index contributed by atoms with van der Waals surface area (Å²) in [5, 5.41) is 29.8. The Kier molecular flexibility index (Phi) is 6.66. The second kappa shape index (κ2) is 10.6. The zero-order valence-corrected chi connectivity index (χ0v) is 22.8. The second-order valence-electron chi connectivity index (χ2n) is 9.98. The van der Waals surface area contributed by atoms with Crippen molar-refractivity contribution in [2.24, 2.45) is 0 Å². The van der Waals surface area contributed by atoms with Gasteiger partial charge in [-0.1, -0.05) is 48.2 Å². The van der Waals surface area contributed by atoms with Crippen LogP contribution in [-0.2, 0) is 0 Å². The fourth-order valence-electron chi connectivity index (χ4n) is 5.42. The molecule has 8 heteroatoms. The summed E-state index contributed by atoms with van der Waals surface area (Å²) in [5.41, 5.74) is 1.12. The first-order chi connectivity index (χ1) is 21.2. The van der Waals surface area contributed by atoms with Crippen LogP contribution < -0.4 is 10.6 Å². The van der Waals surface area contributed by atoms with Gasteiger partial charge in [0.2, 0.25) is 0 Å². The number of terminal acetylenes is 2. The predicted molar refractivity (Wildman–Crippen MR) is 169 cm³/mol. The Hall–Kier alpha value is -6.64. The number of carbonyl (C=O) groups excluding carboxylic acids is 2. The van der Waals surface area contributed by atoms with Crippen molar-refractivity contribution < 1.29 is 29.4 Å². The molecule has 6 rings (SSSR count). The topological polar surface area (TPSA) is 133 Å². The number of carbonyl (C=O) groups is 4. The lowest BCUT2D eigenvalue weighted by Crippen LogP contribution is -2.17. The number of rotatable bonds is 6. The van der Waals surface area contributed by atoms with Crippen molar-refractivity contribution in [1.29, 1.82) is 0 Å². The zero-order valence-electron chi connectivity index (χ0n) is 22.8. The number of hydrogen-bond donors (Lipinski definition) is 4. The summed E-state index contributed by atoms with van der Waals surface area (Å²) in [6.45, 7) is 0. The minimum absolute atomic E-state index is 0.0400. The van der Waals surface area contributed by atoms with E-state index in [2.05, 4.69) is 22.5 Å². The minimum atomic E-state index is -1.28. The van der Waals surface area contributed by atoms with E-state index in [1.165, 1.54) is 36.4 Å². The second-order valence-corrected chi connectivity index (χ2v) is 9.98. The highest BCUT2D eigenvalue weighted by Crippen LogP contribution is 2.40. The summed E-state index contributed by atoms with van der Waals surface area (Å²) < 4.78 is 0. The van der Waals surface area contributed by atoms with Gasteiger partial charge in [0.05, 0.1) is 22.3 Å². The smallest absolute Gasteiger partial charge is 0.336 e. The van der Waals surface area contributed by atoms with Gasteiger partial charge in [-0.2, -0.15) is 0 Å². The summed E-state index contributed by atoms with van der Waals surface area (Å²) in [5.74, 6) is 1.01. The first-order valence-electron chi connectivity index (χ1n) is 13.2. The molecular formula is C36H20N2O6.